The minimum absolute atomic E-state index is 0.194. The van der Waals surface area contributed by atoms with Gasteiger partial charge in [0.05, 0.1) is 34.8 Å². The van der Waals surface area contributed by atoms with Crippen molar-refractivity contribution in [3.63, 3.8) is 0 Å². The zero-order chi connectivity index (χ0) is 13.8. The van der Waals surface area contributed by atoms with Crippen molar-refractivity contribution in [3.05, 3.63) is 46.8 Å². The molecular formula is C13H16ClFN4. The molecule has 1 N–H and O–H groups in total. The van der Waals surface area contributed by atoms with Gasteiger partial charge in [0.1, 0.15) is 5.82 Å². The molecule has 1 unspecified atom stereocenters. The largest absolute Gasteiger partial charge is 0.304 e. The van der Waals surface area contributed by atoms with Crippen LogP contribution in [0, 0.1) is 5.82 Å². The molecule has 2 rings (SSSR count). The topological polar surface area (TPSA) is 42.7 Å². The Kier molecular flexibility index (Phi) is 4.50. The van der Waals surface area contributed by atoms with Gasteiger partial charge in [0.2, 0.25) is 0 Å². The van der Waals surface area contributed by atoms with Crippen LogP contribution in [-0.2, 0) is 6.54 Å². The number of aryl methyl sites for hydroxylation is 1. The molecule has 0 amide bonds. The third-order valence-electron chi connectivity index (χ3n) is 2.86. The number of nitrogens with one attached hydrogen (secondary N) is 1. The van der Waals surface area contributed by atoms with Crippen molar-refractivity contribution in [2.75, 3.05) is 6.54 Å². The highest BCUT2D eigenvalue weighted by molar-refractivity contribution is 6.31. The summed E-state index contributed by atoms with van der Waals surface area (Å²) in [5.74, 6) is -0.353. The molecule has 0 aliphatic rings. The summed E-state index contributed by atoms with van der Waals surface area (Å²) in [4.78, 5) is 4.13. The normalized spacial score (nSPS) is 12.6. The van der Waals surface area contributed by atoms with Crippen LogP contribution >= 0.6 is 11.6 Å². The van der Waals surface area contributed by atoms with E-state index in [0.29, 0.717) is 11.6 Å². The molecule has 0 saturated carbocycles. The maximum absolute atomic E-state index is 13.0. The summed E-state index contributed by atoms with van der Waals surface area (Å²) in [5, 5.41) is 8.11. The van der Waals surface area contributed by atoms with Gasteiger partial charge in [-0.1, -0.05) is 18.5 Å². The Balaban J connectivity index is 2.44. The number of pyridine rings is 1. The van der Waals surface area contributed by atoms with E-state index < -0.39 is 0 Å². The van der Waals surface area contributed by atoms with Crippen molar-refractivity contribution in [2.24, 2.45) is 0 Å². The summed E-state index contributed by atoms with van der Waals surface area (Å²) in [7, 11) is 0. The third kappa shape index (κ3) is 2.93. The minimum atomic E-state index is -0.353. The number of nitrogens with zero attached hydrogens (tertiary/aromatic N) is 3. The Bertz CT molecular complexity index is 538. The van der Waals surface area contributed by atoms with Gasteiger partial charge in [-0.25, -0.2) is 4.39 Å². The molecule has 0 fully saturated rings. The van der Waals surface area contributed by atoms with Crippen molar-refractivity contribution >= 4 is 11.6 Å². The molecule has 0 aliphatic heterocycles. The Morgan fingerprint density at radius 1 is 1.37 bits per heavy atom. The van der Waals surface area contributed by atoms with Gasteiger partial charge in [0, 0.05) is 6.54 Å². The fourth-order valence-corrected chi connectivity index (χ4v) is 2.26. The number of aromatic nitrogens is 3. The van der Waals surface area contributed by atoms with Gasteiger partial charge in [0.15, 0.2) is 0 Å². The number of hydrogen-bond donors (Lipinski definition) is 1. The highest BCUT2D eigenvalue weighted by atomic mass is 35.5. The fourth-order valence-electron chi connectivity index (χ4n) is 2.01. The molecule has 2 heterocycles. The van der Waals surface area contributed by atoms with Crippen molar-refractivity contribution < 1.29 is 4.39 Å². The van der Waals surface area contributed by atoms with Crippen LogP contribution in [0.3, 0.4) is 0 Å². The van der Waals surface area contributed by atoms with Crippen LogP contribution in [0.1, 0.15) is 31.3 Å². The molecule has 0 radical (unpaired) electrons. The van der Waals surface area contributed by atoms with E-state index in [9.17, 15) is 4.39 Å². The Hall–Kier alpha value is -1.46. The highest BCUT2D eigenvalue weighted by Gasteiger charge is 2.22. The first-order valence-corrected chi connectivity index (χ1v) is 6.61. The molecule has 0 aliphatic carbocycles. The second-order valence-electron chi connectivity index (χ2n) is 4.09. The van der Waals surface area contributed by atoms with Crippen LogP contribution in [0.2, 0.25) is 5.02 Å². The van der Waals surface area contributed by atoms with Crippen LogP contribution < -0.4 is 5.32 Å². The quantitative estimate of drug-likeness (QED) is 0.917. The lowest BCUT2D eigenvalue weighted by atomic mass is 10.1. The maximum Gasteiger partial charge on any atom is 0.141 e. The van der Waals surface area contributed by atoms with Crippen molar-refractivity contribution in [2.45, 2.75) is 26.4 Å². The fraction of sp³-hybridized carbons (Fsp3) is 0.385. The zero-order valence-electron chi connectivity index (χ0n) is 10.9. The molecule has 0 aromatic carbocycles. The van der Waals surface area contributed by atoms with Gasteiger partial charge < -0.3 is 5.32 Å². The molecule has 102 valence electrons. The van der Waals surface area contributed by atoms with E-state index in [2.05, 4.69) is 15.4 Å². The van der Waals surface area contributed by atoms with E-state index in [1.165, 1.54) is 12.3 Å². The van der Waals surface area contributed by atoms with E-state index in [-0.39, 0.29) is 11.9 Å². The predicted molar refractivity (Wildman–Crippen MR) is 72.6 cm³/mol. The summed E-state index contributed by atoms with van der Waals surface area (Å²) in [6, 6.07) is 2.86. The van der Waals surface area contributed by atoms with E-state index in [4.69, 9.17) is 11.6 Å². The van der Waals surface area contributed by atoms with Crippen molar-refractivity contribution in [3.8, 4) is 0 Å². The van der Waals surface area contributed by atoms with Gasteiger partial charge in [-0.05, 0) is 25.6 Å². The van der Waals surface area contributed by atoms with Crippen LogP contribution in [0.4, 0.5) is 4.39 Å². The van der Waals surface area contributed by atoms with E-state index in [0.717, 1.165) is 17.9 Å². The molecule has 2 aromatic rings. The maximum atomic E-state index is 13.0. The summed E-state index contributed by atoms with van der Waals surface area (Å²) >= 11 is 6.21. The predicted octanol–water partition coefficient (Wildman–Crippen LogP) is 2.79. The molecule has 2 aromatic heterocycles. The highest BCUT2D eigenvalue weighted by Crippen LogP contribution is 2.27. The lowest BCUT2D eigenvalue weighted by Crippen LogP contribution is -2.26. The van der Waals surface area contributed by atoms with E-state index in [1.807, 2.05) is 18.5 Å². The number of rotatable bonds is 5. The second kappa shape index (κ2) is 6.12. The van der Waals surface area contributed by atoms with Crippen LogP contribution in [0.15, 0.2) is 24.5 Å². The number of hydrogen-bond acceptors (Lipinski definition) is 3. The first-order valence-electron chi connectivity index (χ1n) is 6.23. The van der Waals surface area contributed by atoms with Crippen LogP contribution in [0.5, 0.6) is 0 Å². The van der Waals surface area contributed by atoms with Gasteiger partial charge in [-0.15, -0.1) is 0 Å². The lowest BCUT2D eigenvalue weighted by molar-refractivity contribution is 0.531. The standard InChI is InChI=1S/C13H16ClFN4/c1-3-16-12(11-6-5-9(15)7-17-11)13-10(14)8-18-19(13)4-2/h5-8,12,16H,3-4H2,1-2H3. The first kappa shape index (κ1) is 14.0. The molecular weight excluding hydrogens is 267 g/mol. The van der Waals surface area contributed by atoms with Gasteiger partial charge in [0.25, 0.3) is 0 Å². The summed E-state index contributed by atoms with van der Waals surface area (Å²) < 4.78 is 14.8. The zero-order valence-corrected chi connectivity index (χ0v) is 11.7. The molecule has 0 bridgehead atoms. The van der Waals surface area contributed by atoms with Crippen LogP contribution in [0.25, 0.3) is 0 Å². The summed E-state index contributed by atoms with van der Waals surface area (Å²) in [6.45, 7) is 5.45. The average molecular weight is 283 g/mol. The lowest BCUT2D eigenvalue weighted by Gasteiger charge is -2.19. The SMILES string of the molecule is CCNC(c1ccc(F)cn1)c1c(Cl)cnn1CC. The molecule has 4 nitrogen and oxygen atoms in total. The Labute approximate surface area is 116 Å². The first-order chi connectivity index (χ1) is 9.17. The van der Waals surface area contributed by atoms with Gasteiger partial charge in [-0.2, -0.15) is 5.10 Å². The monoisotopic (exact) mass is 282 g/mol. The summed E-state index contributed by atoms with van der Waals surface area (Å²) in [5.41, 5.74) is 1.57. The molecule has 0 spiro atoms. The summed E-state index contributed by atoms with van der Waals surface area (Å²) in [6.07, 6.45) is 2.83. The van der Waals surface area contributed by atoms with Gasteiger partial charge >= 0.3 is 0 Å². The van der Waals surface area contributed by atoms with Crippen LogP contribution in [-0.4, -0.2) is 21.3 Å². The minimum Gasteiger partial charge on any atom is -0.304 e. The molecule has 1 atom stereocenters. The van der Waals surface area contributed by atoms with Gasteiger partial charge in [-0.3, -0.25) is 9.67 Å². The Morgan fingerprint density at radius 3 is 2.74 bits per heavy atom. The van der Waals surface area contributed by atoms with E-state index >= 15 is 0 Å². The molecule has 19 heavy (non-hydrogen) atoms. The molecule has 0 saturated heterocycles. The Morgan fingerprint density at radius 2 is 2.16 bits per heavy atom. The van der Waals surface area contributed by atoms with Crippen molar-refractivity contribution in [1.82, 2.24) is 20.1 Å². The smallest absolute Gasteiger partial charge is 0.141 e. The third-order valence-corrected chi connectivity index (χ3v) is 3.15. The number of halogens is 2. The average Bonchev–Trinajstić information content (AvgIpc) is 2.78. The van der Waals surface area contributed by atoms with Crippen molar-refractivity contribution in [1.29, 1.82) is 0 Å². The molecule has 6 heteroatoms. The second-order valence-corrected chi connectivity index (χ2v) is 4.49. The van der Waals surface area contributed by atoms with E-state index in [1.54, 1.807) is 12.3 Å².